The normalized spacial score (nSPS) is 14.9. The van der Waals surface area contributed by atoms with Gasteiger partial charge in [0, 0.05) is 0 Å². The number of hydrogen-bond donors (Lipinski definition) is 0. The minimum Gasteiger partial charge on any atom is -0.295 e. The van der Waals surface area contributed by atoms with Crippen molar-refractivity contribution in [1.29, 1.82) is 0 Å². The molecule has 0 heterocycles. The van der Waals surface area contributed by atoms with E-state index in [0.29, 0.717) is 0 Å². The molecular formula is C14H20O. The van der Waals surface area contributed by atoms with Crippen LogP contribution in [0.2, 0.25) is 0 Å². The summed E-state index contributed by atoms with van der Waals surface area (Å²) in [5.41, 5.74) is 3.35. The Morgan fingerprint density at radius 3 is 1.73 bits per heavy atom. The molecule has 0 aromatic carbocycles. The molecule has 0 aromatic rings. The zero-order valence-electron chi connectivity index (χ0n) is 10.3. The van der Waals surface area contributed by atoms with Gasteiger partial charge in [-0.1, -0.05) is 35.5 Å². The van der Waals surface area contributed by atoms with Gasteiger partial charge in [0.2, 0.25) is 0 Å². The molecule has 0 radical (unpaired) electrons. The first kappa shape index (κ1) is 13.6. The topological polar surface area (TPSA) is 17.1 Å². The van der Waals surface area contributed by atoms with E-state index in [4.69, 9.17) is 0 Å². The summed E-state index contributed by atoms with van der Waals surface area (Å²) < 4.78 is 0. The van der Waals surface area contributed by atoms with E-state index in [2.05, 4.69) is 19.1 Å². The molecule has 0 fully saturated rings. The summed E-state index contributed by atoms with van der Waals surface area (Å²) in [5, 5.41) is 0. The predicted octanol–water partition coefficient (Wildman–Crippen LogP) is 3.99. The Bertz CT molecular complexity index is 338. The Labute approximate surface area is 92.9 Å². The summed E-state index contributed by atoms with van der Waals surface area (Å²) in [6.45, 7) is 9.58. The van der Waals surface area contributed by atoms with Gasteiger partial charge in [-0.25, -0.2) is 0 Å². The van der Waals surface area contributed by atoms with Crippen LogP contribution >= 0.6 is 0 Å². The third-order valence-electron chi connectivity index (χ3n) is 1.77. The van der Waals surface area contributed by atoms with Gasteiger partial charge in [-0.3, -0.25) is 4.79 Å². The molecular weight excluding hydrogens is 184 g/mol. The molecule has 0 aromatic heterocycles. The van der Waals surface area contributed by atoms with Gasteiger partial charge in [-0.2, -0.15) is 0 Å². The number of ketones is 1. The smallest absolute Gasteiger partial charge is 0.152 e. The minimum absolute atomic E-state index is 0.0886. The quantitative estimate of drug-likeness (QED) is 0.500. The summed E-state index contributed by atoms with van der Waals surface area (Å²) in [4.78, 5) is 10.8. The highest BCUT2D eigenvalue weighted by Gasteiger charge is 1.90. The minimum atomic E-state index is 0.0886. The standard InChI is InChI=1S/C14H20O/c1-6-7-11(2)8-12(3)9-13(4)10-14(5)15/h6-10H,1-5H3/b7-6?,11-8+,12-9+,13-10+. The molecule has 0 saturated heterocycles. The molecule has 0 spiro atoms. The van der Waals surface area contributed by atoms with Crippen LogP contribution in [0.25, 0.3) is 0 Å². The third kappa shape index (κ3) is 7.68. The van der Waals surface area contributed by atoms with Crippen molar-refractivity contribution in [1.82, 2.24) is 0 Å². The first-order valence-corrected chi connectivity index (χ1v) is 5.14. The molecule has 0 N–H and O–H groups in total. The molecule has 0 saturated carbocycles. The van der Waals surface area contributed by atoms with Crippen LogP contribution in [-0.2, 0) is 4.79 Å². The van der Waals surface area contributed by atoms with Crippen molar-refractivity contribution < 1.29 is 4.79 Å². The van der Waals surface area contributed by atoms with E-state index in [1.165, 1.54) is 5.57 Å². The molecule has 0 amide bonds. The Kier molecular flexibility index (Phi) is 6.35. The lowest BCUT2D eigenvalue weighted by Crippen LogP contribution is -1.83. The fourth-order valence-corrected chi connectivity index (χ4v) is 1.43. The predicted molar refractivity (Wildman–Crippen MR) is 66.8 cm³/mol. The molecule has 15 heavy (non-hydrogen) atoms. The number of carbonyl (C=O) groups excluding carboxylic acids is 1. The molecule has 0 aliphatic rings. The van der Waals surface area contributed by atoms with Crippen molar-refractivity contribution in [3.8, 4) is 0 Å². The molecule has 0 unspecified atom stereocenters. The van der Waals surface area contributed by atoms with Crippen molar-refractivity contribution in [3.05, 3.63) is 47.1 Å². The summed E-state index contributed by atoms with van der Waals surface area (Å²) in [7, 11) is 0. The zero-order chi connectivity index (χ0) is 11.8. The molecule has 0 aliphatic carbocycles. The molecule has 0 bridgehead atoms. The molecule has 0 atom stereocenters. The highest BCUT2D eigenvalue weighted by molar-refractivity contribution is 5.88. The summed E-state index contributed by atoms with van der Waals surface area (Å²) >= 11 is 0. The SMILES string of the molecule is CC=C/C(C)=C/C(C)=C/C(C)=C/C(C)=O. The maximum Gasteiger partial charge on any atom is 0.152 e. The number of carbonyl (C=O) groups is 1. The Balaban J connectivity index is 4.71. The average Bonchev–Trinajstić information content (AvgIpc) is 2.00. The van der Waals surface area contributed by atoms with Crippen LogP contribution in [-0.4, -0.2) is 5.78 Å². The summed E-state index contributed by atoms with van der Waals surface area (Å²) in [6, 6.07) is 0. The van der Waals surface area contributed by atoms with Gasteiger partial charge in [0.1, 0.15) is 0 Å². The number of hydrogen-bond acceptors (Lipinski definition) is 1. The lowest BCUT2D eigenvalue weighted by molar-refractivity contribution is -0.112. The monoisotopic (exact) mass is 204 g/mol. The van der Waals surface area contributed by atoms with E-state index in [9.17, 15) is 4.79 Å². The van der Waals surface area contributed by atoms with Crippen molar-refractivity contribution in [2.75, 3.05) is 0 Å². The highest BCUT2D eigenvalue weighted by Crippen LogP contribution is 2.07. The molecule has 1 nitrogen and oxygen atoms in total. The van der Waals surface area contributed by atoms with E-state index < -0.39 is 0 Å². The lowest BCUT2D eigenvalue weighted by Gasteiger charge is -1.96. The second kappa shape index (κ2) is 6.99. The van der Waals surface area contributed by atoms with Crippen LogP contribution in [0.1, 0.15) is 34.6 Å². The van der Waals surface area contributed by atoms with Crippen LogP contribution < -0.4 is 0 Å². The second-order valence-corrected chi connectivity index (χ2v) is 3.78. The number of rotatable bonds is 4. The highest BCUT2D eigenvalue weighted by atomic mass is 16.1. The lowest BCUT2D eigenvalue weighted by atomic mass is 10.1. The second-order valence-electron chi connectivity index (χ2n) is 3.78. The van der Waals surface area contributed by atoms with Gasteiger partial charge in [0.15, 0.2) is 5.78 Å². The van der Waals surface area contributed by atoms with E-state index in [0.717, 1.165) is 11.1 Å². The first-order chi connectivity index (χ1) is 6.95. The van der Waals surface area contributed by atoms with Crippen molar-refractivity contribution >= 4 is 5.78 Å². The molecule has 1 heteroatoms. The van der Waals surface area contributed by atoms with Gasteiger partial charge in [-0.05, 0) is 46.3 Å². The van der Waals surface area contributed by atoms with Gasteiger partial charge in [0.05, 0.1) is 0 Å². The van der Waals surface area contributed by atoms with Crippen LogP contribution in [0.3, 0.4) is 0 Å². The van der Waals surface area contributed by atoms with Crippen molar-refractivity contribution in [3.63, 3.8) is 0 Å². The van der Waals surface area contributed by atoms with E-state index in [1.807, 2.05) is 32.9 Å². The molecule has 0 aliphatic heterocycles. The first-order valence-electron chi connectivity index (χ1n) is 5.14. The van der Waals surface area contributed by atoms with Gasteiger partial charge >= 0.3 is 0 Å². The van der Waals surface area contributed by atoms with Crippen LogP contribution in [0, 0.1) is 0 Å². The molecule has 0 rings (SSSR count). The number of allylic oxidation sites excluding steroid dienone is 8. The average molecular weight is 204 g/mol. The maximum atomic E-state index is 10.8. The Morgan fingerprint density at radius 2 is 1.27 bits per heavy atom. The third-order valence-corrected chi connectivity index (χ3v) is 1.77. The largest absolute Gasteiger partial charge is 0.295 e. The van der Waals surface area contributed by atoms with Gasteiger partial charge < -0.3 is 0 Å². The fraction of sp³-hybridized carbons (Fsp3) is 0.357. The Hall–Kier alpha value is -1.37. The van der Waals surface area contributed by atoms with Crippen LogP contribution in [0.5, 0.6) is 0 Å². The summed E-state index contributed by atoms with van der Waals surface area (Å²) in [5.74, 6) is 0.0886. The Morgan fingerprint density at radius 1 is 0.800 bits per heavy atom. The van der Waals surface area contributed by atoms with Crippen LogP contribution in [0.15, 0.2) is 47.1 Å². The summed E-state index contributed by atoms with van der Waals surface area (Å²) in [6.07, 6.45) is 9.81. The zero-order valence-corrected chi connectivity index (χ0v) is 10.3. The van der Waals surface area contributed by atoms with Gasteiger partial charge in [-0.15, -0.1) is 0 Å². The van der Waals surface area contributed by atoms with Crippen molar-refractivity contribution in [2.45, 2.75) is 34.6 Å². The van der Waals surface area contributed by atoms with E-state index in [-0.39, 0.29) is 5.78 Å². The van der Waals surface area contributed by atoms with Crippen LogP contribution in [0.4, 0.5) is 0 Å². The molecule has 82 valence electrons. The van der Waals surface area contributed by atoms with Crippen molar-refractivity contribution in [2.24, 2.45) is 0 Å². The van der Waals surface area contributed by atoms with E-state index in [1.54, 1.807) is 13.0 Å². The van der Waals surface area contributed by atoms with E-state index >= 15 is 0 Å². The fourth-order valence-electron chi connectivity index (χ4n) is 1.43. The van der Waals surface area contributed by atoms with Gasteiger partial charge in [0.25, 0.3) is 0 Å². The maximum absolute atomic E-state index is 10.8.